The highest BCUT2D eigenvalue weighted by atomic mass is 28.4. The molecule has 0 aromatic carbocycles. The Bertz CT molecular complexity index is 218. The summed E-state index contributed by atoms with van der Waals surface area (Å²) in [5.74, 6) is 0. The average molecular weight is 360 g/mol. The topological polar surface area (TPSA) is 27.7 Å². The van der Waals surface area contributed by atoms with Crippen molar-refractivity contribution in [2.24, 2.45) is 0 Å². The second kappa shape index (κ2) is 17.9. The summed E-state index contributed by atoms with van der Waals surface area (Å²) in [6.45, 7) is 13.0. The predicted octanol–water partition coefficient (Wildman–Crippen LogP) is 6.55. The minimum Gasteiger partial charge on any atom is -0.373 e. The Kier molecular flexibility index (Phi) is 18.0. The zero-order valence-electron chi connectivity index (χ0n) is 16.7. The molecule has 3 nitrogen and oxygen atoms in total. The molecule has 0 saturated heterocycles. The Morgan fingerprint density at radius 1 is 0.583 bits per heavy atom. The van der Waals surface area contributed by atoms with Crippen molar-refractivity contribution in [1.29, 1.82) is 0 Å². The van der Waals surface area contributed by atoms with Crippen LogP contribution in [-0.4, -0.2) is 28.6 Å². The summed E-state index contributed by atoms with van der Waals surface area (Å²) in [7, 11) is -2.51. The summed E-state index contributed by atoms with van der Waals surface area (Å²) in [6.07, 6.45) is 13.8. The molecule has 0 aliphatic carbocycles. The number of unbranched alkanes of at least 4 members (excludes halogenated alkanes) is 8. The zero-order chi connectivity index (χ0) is 17.9. The molecule has 0 aliphatic rings. The standard InChI is InChI=1S/C20H43O3Si/c1-5-9-13-17-21-24(20-16-12-8-4,22-18-14-10-6-2)23-19-15-11-7-3/h4-20H2,1-3H3. The van der Waals surface area contributed by atoms with Crippen LogP contribution in [-0.2, 0) is 13.3 Å². The van der Waals surface area contributed by atoms with Crippen LogP contribution in [0, 0.1) is 6.92 Å². The van der Waals surface area contributed by atoms with Gasteiger partial charge < -0.3 is 13.3 Å². The van der Waals surface area contributed by atoms with E-state index in [4.69, 9.17) is 13.3 Å². The van der Waals surface area contributed by atoms with Gasteiger partial charge >= 0.3 is 8.80 Å². The molecule has 0 fully saturated rings. The molecule has 0 saturated carbocycles. The van der Waals surface area contributed by atoms with Gasteiger partial charge in [-0.15, -0.1) is 0 Å². The molecular weight excluding hydrogens is 316 g/mol. The fraction of sp³-hybridized carbons (Fsp3) is 0.950. The largest absolute Gasteiger partial charge is 0.500 e. The van der Waals surface area contributed by atoms with Gasteiger partial charge in [-0.2, -0.15) is 0 Å². The number of hydrogen-bond acceptors (Lipinski definition) is 3. The maximum absolute atomic E-state index is 6.31. The molecule has 0 amide bonds. The van der Waals surface area contributed by atoms with Gasteiger partial charge in [-0.1, -0.05) is 79.1 Å². The highest BCUT2D eigenvalue weighted by molar-refractivity contribution is 6.60. The first-order chi connectivity index (χ1) is 11.7. The van der Waals surface area contributed by atoms with Crippen LogP contribution < -0.4 is 0 Å². The highest BCUT2D eigenvalue weighted by Crippen LogP contribution is 2.22. The van der Waals surface area contributed by atoms with E-state index in [1.165, 1.54) is 38.5 Å². The zero-order valence-corrected chi connectivity index (χ0v) is 17.7. The van der Waals surface area contributed by atoms with Gasteiger partial charge in [-0.05, 0) is 25.7 Å². The van der Waals surface area contributed by atoms with Crippen molar-refractivity contribution in [1.82, 2.24) is 0 Å². The smallest absolute Gasteiger partial charge is 0.373 e. The third kappa shape index (κ3) is 13.4. The van der Waals surface area contributed by atoms with Gasteiger partial charge in [0.05, 0.1) is 0 Å². The Balaban J connectivity index is 4.58. The van der Waals surface area contributed by atoms with Crippen LogP contribution in [0.3, 0.4) is 0 Å². The van der Waals surface area contributed by atoms with E-state index < -0.39 is 8.80 Å². The molecule has 145 valence electrons. The summed E-state index contributed by atoms with van der Waals surface area (Å²) in [5, 5.41) is 0. The van der Waals surface area contributed by atoms with Crippen molar-refractivity contribution in [2.45, 2.75) is 104 Å². The maximum atomic E-state index is 6.31. The quantitative estimate of drug-likeness (QED) is 0.193. The minimum absolute atomic E-state index is 0.784. The van der Waals surface area contributed by atoms with Gasteiger partial charge in [0.2, 0.25) is 0 Å². The SMILES string of the molecule is [CH2]CCCC[Si](OCCCCC)(OCCCCC)OCCCCC. The molecule has 0 N–H and O–H groups in total. The molecule has 0 aromatic rings. The van der Waals surface area contributed by atoms with Crippen LogP contribution in [0.15, 0.2) is 0 Å². The van der Waals surface area contributed by atoms with Gasteiger partial charge in [0.1, 0.15) is 0 Å². The van der Waals surface area contributed by atoms with Crippen LogP contribution in [0.1, 0.15) is 97.8 Å². The lowest BCUT2D eigenvalue weighted by molar-refractivity contribution is 0.0549. The maximum Gasteiger partial charge on any atom is 0.500 e. The Labute approximate surface area is 153 Å². The van der Waals surface area contributed by atoms with E-state index in [9.17, 15) is 0 Å². The van der Waals surface area contributed by atoms with Crippen LogP contribution in [0.4, 0.5) is 0 Å². The molecule has 0 aromatic heterocycles. The first kappa shape index (κ1) is 24.1. The van der Waals surface area contributed by atoms with Crippen LogP contribution >= 0.6 is 0 Å². The number of hydrogen-bond donors (Lipinski definition) is 0. The summed E-state index contributed by atoms with van der Waals surface area (Å²) < 4.78 is 18.9. The fourth-order valence-corrected chi connectivity index (χ4v) is 5.33. The molecule has 0 unspecified atom stereocenters. The lowest BCUT2D eigenvalue weighted by Crippen LogP contribution is -2.46. The third-order valence-electron chi connectivity index (χ3n) is 4.19. The van der Waals surface area contributed by atoms with Crippen LogP contribution in [0.25, 0.3) is 0 Å². The van der Waals surface area contributed by atoms with Crippen molar-refractivity contribution in [2.75, 3.05) is 19.8 Å². The predicted molar refractivity (Wildman–Crippen MR) is 106 cm³/mol. The Hall–Kier alpha value is 0.0969. The fourth-order valence-electron chi connectivity index (χ4n) is 2.60. The van der Waals surface area contributed by atoms with Crippen LogP contribution in [0.5, 0.6) is 0 Å². The first-order valence-electron chi connectivity index (χ1n) is 10.5. The molecule has 4 heteroatoms. The van der Waals surface area contributed by atoms with Crippen molar-refractivity contribution in [3.05, 3.63) is 6.92 Å². The van der Waals surface area contributed by atoms with Gasteiger partial charge in [-0.25, -0.2) is 0 Å². The monoisotopic (exact) mass is 359 g/mol. The van der Waals surface area contributed by atoms with E-state index in [1.54, 1.807) is 0 Å². The van der Waals surface area contributed by atoms with Gasteiger partial charge in [-0.3, -0.25) is 0 Å². The molecule has 0 rings (SSSR count). The normalized spacial score (nSPS) is 12.0. The van der Waals surface area contributed by atoms with E-state index in [1.807, 2.05) is 0 Å². The van der Waals surface area contributed by atoms with Gasteiger partial charge in [0, 0.05) is 25.9 Å². The summed E-state index contributed by atoms with van der Waals surface area (Å²) in [5.41, 5.74) is 0. The minimum atomic E-state index is -2.51. The lowest BCUT2D eigenvalue weighted by atomic mass is 10.3. The van der Waals surface area contributed by atoms with Gasteiger partial charge in [0.25, 0.3) is 0 Å². The third-order valence-corrected chi connectivity index (χ3v) is 7.09. The van der Waals surface area contributed by atoms with E-state index >= 15 is 0 Å². The highest BCUT2D eigenvalue weighted by Gasteiger charge is 2.40. The Morgan fingerprint density at radius 3 is 1.33 bits per heavy atom. The molecule has 0 aliphatic heterocycles. The second-order valence-electron chi connectivity index (χ2n) is 6.66. The summed E-state index contributed by atoms with van der Waals surface area (Å²) in [6, 6.07) is 0.951. The van der Waals surface area contributed by atoms with Crippen LogP contribution in [0.2, 0.25) is 6.04 Å². The van der Waals surface area contributed by atoms with E-state index in [0.717, 1.165) is 64.4 Å². The first-order valence-corrected chi connectivity index (χ1v) is 12.4. The molecule has 1 radical (unpaired) electrons. The van der Waals surface area contributed by atoms with Crippen molar-refractivity contribution in [3.8, 4) is 0 Å². The van der Waals surface area contributed by atoms with Gasteiger partial charge in [0.15, 0.2) is 0 Å². The van der Waals surface area contributed by atoms with E-state index in [-0.39, 0.29) is 0 Å². The molecule has 0 atom stereocenters. The van der Waals surface area contributed by atoms with E-state index in [0.29, 0.717) is 0 Å². The molecule has 0 bridgehead atoms. The lowest BCUT2D eigenvalue weighted by Gasteiger charge is -2.30. The van der Waals surface area contributed by atoms with E-state index in [2.05, 4.69) is 27.7 Å². The van der Waals surface area contributed by atoms with Crippen molar-refractivity contribution in [3.63, 3.8) is 0 Å². The van der Waals surface area contributed by atoms with Crippen molar-refractivity contribution < 1.29 is 13.3 Å². The molecule has 0 spiro atoms. The summed E-state index contributed by atoms with van der Waals surface area (Å²) in [4.78, 5) is 0. The van der Waals surface area contributed by atoms with Crippen molar-refractivity contribution >= 4 is 8.80 Å². The molecular formula is C20H43O3Si. The molecule has 0 heterocycles. The summed E-state index contributed by atoms with van der Waals surface area (Å²) >= 11 is 0. The second-order valence-corrected chi connectivity index (χ2v) is 9.39. The molecule has 24 heavy (non-hydrogen) atoms. The number of rotatable bonds is 19. The Morgan fingerprint density at radius 2 is 1.00 bits per heavy atom. The average Bonchev–Trinajstić information content (AvgIpc) is 2.60.